The van der Waals surface area contributed by atoms with Crippen LogP contribution in [0.15, 0.2) is 29.2 Å². The van der Waals surface area contributed by atoms with Crippen molar-refractivity contribution in [2.75, 3.05) is 0 Å². The summed E-state index contributed by atoms with van der Waals surface area (Å²) >= 11 is 2.75. The Labute approximate surface area is 109 Å². The molecular formula is C11H14BrNO3S. The number of sulfone groups is 1. The Morgan fingerprint density at radius 2 is 1.82 bits per heavy atom. The van der Waals surface area contributed by atoms with Crippen molar-refractivity contribution in [1.29, 1.82) is 0 Å². The number of carbonyl (C=O) groups is 1. The average Bonchev–Trinajstić information content (AvgIpc) is 2.26. The third kappa shape index (κ3) is 3.81. The highest BCUT2D eigenvalue weighted by atomic mass is 79.9. The van der Waals surface area contributed by atoms with Gasteiger partial charge in [0.2, 0.25) is 0 Å². The third-order valence-corrected chi connectivity index (χ3v) is 4.75. The fourth-order valence-corrected chi connectivity index (χ4v) is 2.44. The summed E-state index contributed by atoms with van der Waals surface area (Å²) in [5.41, 5.74) is 0.848. The molecule has 0 fully saturated rings. The molecule has 1 aromatic rings. The van der Waals surface area contributed by atoms with Gasteiger partial charge in [0.25, 0.3) is 4.82 Å². The van der Waals surface area contributed by atoms with Crippen molar-refractivity contribution in [3.63, 3.8) is 0 Å². The van der Waals surface area contributed by atoms with Crippen LogP contribution in [0.4, 0.5) is 4.79 Å². The lowest BCUT2D eigenvalue weighted by Crippen LogP contribution is -2.16. The van der Waals surface area contributed by atoms with Crippen LogP contribution in [-0.4, -0.2) is 18.5 Å². The van der Waals surface area contributed by atoms with E-state index in [1.54, 1.807) is 38.1 Å². The highest BCUT2D eigenvalue weighted by Crippen LogP contribution is 2.16. The molecule has 1 amide bonds. The predicted octanol–water partition coefficient (Wildman–Crippen LogP) is 2.47. The lowest BCUT2D eigenvalue weighted by atomic mass is 10.2. The highest BCUT2D eigenvalue weighted by Gasteiger charge is 2.18. The Balaban J connectivity index is 2.85. The standard InChI is InChI=1S/C11H14BrNO3S/c1-8(2)17(15,16)10-5-3-9(4-6-10)7-13-11(12)14/h3-6,8H,7H2,1-2H3,(H,13,14). The van der Waals surface area contributed by atoms with E-state index in [0.717, 1.165) is 5.56 Å². The van der Waals surface area contributed by atoms with Crippen LogP contribution in [0, 0.1) is 0 Å². The van der Waals surface area contributed by atoms with Gasteiger partial charge in [0.1, 0.15) is 0 Å². The molecule has 0 aromatic heterocycles. The molecule has 0 atom stereocenters. The second-order valence-electron chi connectivity index (χ2n) is 3.86. The molecule has 4 nitrogen and oxygen atoms in total. The highest BCUT2D eigenvalue weighted by molar-refractivity contribution is 9.18. The van der Waals surface area contributed by atoms with Gasteiger partial charge in [0, 0.05) is 22.5 Å². The maximum atomic E-state index is 11.8. The SMILES string of the molecule is CC(C)S(=O)(=O)c1ccc(CNC(=O)Br)cc1. The van der Waals surface area contributed by atoms with E-state index in [1.165, 1.54) is 0 Å². The molecule has 0 aliphatic heterocycles. The topological polar surface area (TPSA) is 63.2 Å². The van der Waals surface area contributed by atoms with Gasteiger partial charge in [-0.05, 0) is 31.5 Å². The van der Waals surface area contributed by atoms with Gasteiger partial charge in [-0.15, -0.1) is 0 Å². The molecule has 0 saturated heterocycles. The molecule has 1 aromatic carbocycles. The Hall–Kier alpha value is -0.880. The number of hydrogen-bond acceptors (Lipinski definition) is 3. The Bertz CT molecular complexity index is 494. The zero-order valence-corrected chi connectivity index (χ0v) is 12.0. The minimum Gasteiger partial charge on any atom is -0.343 e. The van der Waals surface area contributed by atoms with Gasteiger partial charge in [0.15, 0.2) is 9.84 Å². The molecule has 1 N–H and O–H groups in total. The molecule has 6 heteroatoms. The first-order chi connectivity index (χ1) is 7.84. The summed E-state index contributed by atoms with van der Waals surface area (Å²) in [6, 6.07) is 6.51. The van der Waals surface area contributed by atoms with Crippen molar-refractivity contribution in [3.05, 3.63) is 29.8 Å². The summed E-state index contributed by atoms with van der Waals surface area (Å²) < 4.78 is 23.7. The lowest BCUT2D eigenvalue weighted by molar-refractivity contribution is 0.261. The quantitative estimate of drug-likeness (QED) is 0.685. The van der Waals surface area contributed by atoms with Crippen molar-refractivity contribution in [2.45, 2.75) is 30.5 Å². The van der Waals surface area contributed by atoms with Crippen molar-refractivity contribution >= 4 is 30.6 Å². The summed E-state index contributed by atoms with van der Waals surface area (Å²) in [5.74, 6) is 0. The Kier molecular flexibility index (Phi) is 4.70. The zero-order valence-electron chi connectivity index (χ0n) is 9.60. The largest absolute Gasteiger partial charge is 0.343 e. The summed E-state index contributed by atoms with van der Waals surface area (Å²) in [5, 5.41) is 2.14. The first kappa shape index (κ1) is 14.2. The Morgan fingerprint density at radius 1 is 1.29 bits per heavy atom. The van der Waals surface area contributed by atoms with E-state index >= 15 is 0 Å². The van der Waals surface area contributed by atoms with Gasteiger partial charge in [-0.3, -0.25) is 4.79 Å². The van der Waals surface area contributed by atoms with Gasteiger partial charge in [0.05, 0.1) is 10.1 Å². The molecule has 0 heterocycles. The fourth-order valence-electron chi connectivity index (χ4n) is 1.24. The van der Waals surface area contributed by atoms with Gasteiger partial charge in [-0.1, -0.05) is 12.1 Å². The summed E-state index contributed by atoms with van der Waals surface area (Å²) in [6.07, 6.45) is 0. The molecule has 0 saturated carbocycles. The van der Waals surface area contributed by atoms with Crippen molar-refractivity contribution < 1.29 is 13.2 Å². The van der Waals surface area contributed by atoms with Crippen LogP contribution in [-0.2, 0) is 16.4 Å². The monoisotopic (exact) mass is 319 g/mol. The van der Waals surface area contributed by atoms with Gasteiger partial charge < -0.3 is 5.32 Å². The van der Waals surface area contributed by atoms with E-state index in [-0.39, 0.29) is 4.82 Å². The van der Waals surface area contributed by atoms with E-state index in [0.29, 0.717) is 11.4 Å². The molecule has 17 heavy (non-hydrogen) atoms. The van der Waals surface area contributed by atoms with Crippen LogP contribution in [0.3, 0.4) is 0 Å². The van der Waals surface area contributed by atoms with Crippen LogP contribution in [0.25, 0.3) is 0 Å². The number of amides is 1. The molecule has 0 unspecified atom stereocenters. The lowest BCUT2D eigenvalue weighted by Gasteiger charge is -2.08. The van der Waals surface area contributed by atoms with E-state index in [4.69, 9.17) is 0 Å². The van der Waals surface area contributed by atoms with Gasteiger partial charge >= 0.3 is 0 Å². The molecular weight excluding hydrogens is 306 g/mol. The van der Waals surface area contributed by atoms with Crippen LogP contribution in [0.5, 0.6) is 0 Å². The van der Waals surface area contributed by atoms with E-state index < -0.39 is 15.1 Å². The molecule has 0 radical (unpaired) electrons. The second-order valence-corrected chi connectivity index (χ2v) is 7.09. The van der Waals surface area contributed by atoms with E-state index in [2.05, 4.69) is 21.2 Å². The smallest absolute Gasteiger partial charge is 0.287 e. The van der Waals surface area contributed by atoms with Crippen molar-refractivity contribution in [3.8, 4) is 0 Å². The maximum Gasteiger partial charge on any atom is 0.287 e. The summed E-state index contributed by atoms with van der Waals surface area (Å²) in [7, 11) is -3.22. The molecule has 1 rings (SSSR count). The summed E-state index contributed by atoms with van der Waals surface area (Å²) in [6.45, 7) is 3.66. The normalized spacial score (nSPS) is 11.5. The number of benzene rings is 1. The number of rotatable bonds is 4. The third-order valence-electron chi connectivity index (χ3n) is 2.30. The van der Waals surface area contributed by atoms with Crippen LogP contribution in [0.2, 0.25) is 0 Å². The van der Waals surface area contributed by atoms with Crippen molar-refractivity contribution in [1.82, 2.24) is 5.32 Å². The number of nitrogens with one attached hydrogen (secondary N) is 1. The minimum absolute atomic E-state index is 0.295. The van der Waals surface area contributed by atoms with Crippen LogP contribution in [0.1, 0.15) is 19.4 Å². The molecule has 0 aliphatic rings. The van der Waals surface area contributed by atoms with Crippen LogP contribution >= 0.6 is 15.9 Å². The van der Waals surface area contributed by atoms with E-state index in [1.807, 2.05) is 0 Å². The number of carbonyl (C=O) groups excluding carboxylic acids is 1. The first-order valence-corrected chi connectivity index (χ1v) is 7.44. The molecule has 0 bridgehead atoms. The molecule has 0 aliphatic carbocycles. The van der Waals surface area contributed by atoms with Gasteiger partial charge in [-0.2, -0.15) is 0 Å². The van der Waals surface area contributed by atoms with Crippen molar-refractivity contribution in [2.24, 2.45) is 0 Å². The zero-order chi connectivity index (χ0) is 13.1. The van der Waals surface area contributed by atoms with E-state index in [9.17, 15) is 13.2 Å². The number of hydrogen-bond donors (Lipinski definition) is 1. The maximum absolute atomic E-state index is 11.8. The first-order valence-electron chi connectivity index (χ1n) is 5.10. The second kappa shape index (κ2) is 5.64. The Morgan fingerprint density at radius 3 is 2.24 bits per heavy atom. The fraction of sp³-hybridized carbons (Fsp3) is 0.364. The molecule has 0 spiro atoms. The van der Waals surface area contributed by atoms with Crippen LogP contribution < -0.4 is 5.32 Å². The predicted molar refractivity (Wildman–Crippen MR) is 69.9 cm³/mol. The summed E-state index contributed by atoms with van der Waals surface area (Å²) in [4.78, 5) is 10.7. The average molecular weight is 320 g/mol. The minimum atomic E-state index is -3.22. The van der Waals surface area contributed by atoms with Gasteiger partial charge in [-0.25, -0.2) is 8.42 Å². The number of halogens is 1. The molecule has 94 valence electrons.